The average Bonchev–Trinajstić information content (AvgIpc) is 3.31. The van der Waals surface area contributed by atoms with Crippen molar-refractivity contribution in [2.75, 3.05) is 20.1 Å². The van der Waals surface area contributed by atoms with E-state index in [2.05, 4.69) is 21.2 Å². The van der Waals surface area contributed by atoms with Gasteiger partial charge < -0.3 is 5.32 Å². The van der Waals surface area contributed by atoms with Crippen LogP contribution in [0.3, 0.4) is 0 Å². The molecule has 4 rings (SSSR count). The van der Waals surface area contributed by atoms with Crippen LogP contribution < -0.4 is 10.0 Å². The number of aryl methyl sites for hydroxylation is 1. The molecule has 3 unspecified atom stereocenters. The van der Waals surface area contributed by atoms with Crippen LogP contribution in [0.4, 0.5) is 4.39 Å². The van der Waals surface area contributed by atoms with E-state index in [1.54, 1.807) is 13.1 Å². The number of allylic oxidation sites excluding steroid dienone is 3. The Hall–Kier alpha value is -2.00. The van der Waals surface area contributed by atoms with Gasteiger partial charge in [-0.25, -0.2) is 17.5 Å². The summed E-state index contributed by atoms with van der Waals surface area (Å²) >= 11 is 6.19. The smallest absolute Gasteiger partial charge is 0.243 e. The zero-order valence-corrected chi connectivity index (χ0v) is 19.8. The van der Waals surface area contributed by atoms with E-state index in [0.29, 0.717) is 17.4 Å². The third-order valence-corrected chi connectivity index (χ3v) is 8.02. The fraction of sp³-hybridized carbons (Fsp3) is 0.435. The first-order chi connectivity index (χ1) is 15.3. The van der Waals surface area contributed by atoms with Crippen molar-refractivity contribution in [3.8, 4) is 0 Å². The molecule has 0 saturated heterocycles. The summed E-state index contributed by atoms with van der Waals surface area (Å²) in [7, 11) is -0.157. The lowest BCUT2D eigenvalue weighted by atomic mass is 9.80. The van der Waals surface area contributed by atoms with Gasteiger partial charge in [-0.2, -0.15) is 5.10 Å². The van der Waals surface area contributed by atoms with Crippen molar-refractivity contribution in [3.05, 3.63) is 70.3 Å². The van der Waals surface area contributed by atoms with E-state index in [4.69, 9.17) is 11.6 Å². The number of halogens is 2. The number of aromatic nitrogens is 2. The Morgan fingerprint density at radius 3 is 2.78 bits per heavy atom. The van der Waals surface area contributed by atoms with E-state index in [1.807, 2.05) is 25.2 Å². The summed E-state index contributed by atoms with van der Waals surface area (Å²) in [4.78, 5) is 0.0777. The molecule has 1 aromatic heterocycles. The summed E-state index contributed by atoms with van der Waals surface area (Å²) < 4.78 is 44.0. The predicted molar refractivity (Wildman–Crippen MR) is 123 cm³/mol. The molecule has 0 radical (unpaired) electrons. The van der Waals surface area contributed by atoms with E-state index in [-0.39, 0.29) is 23.2 Å². The molecule has 2 aliphatic rings. The van der Waals surface area contributed by atoms with Gasteiger partial charge in [-0.15, -0.1) is 0 Å². The minimum atomic E-state index is -3.74. The Balaban J connectivity index is 1.51. The van der Waals surface area contributed by atoms with Gasteiger partial charge in [0, 0.05) is 30.7 Å². The van der Waals surface area contributed by atoms with Crippen molar-refractivity contribution < 1.29 is 12.8 Å². The Labute approximate surface area is 193 Å². The SMILES string of the molecule is CNCC1CC2=C(CC(CNS(=O)(=O)c3cnn(C)c3)C(F)=C2)C1Cc1cccc(Cl)c1. The molecule has 2 aromatic rings. The molecular formula is C23H28ClFN4O2S. The molecule has 2 aliphatic carbocycles. The Bertz CT molecular complexity index is 1160. The van der Waals surface area contributed by atoms with Crippen LogP contribution in [0.1, 0.15) is 18.4 Å². The molecule has 3 atom stereocenters. The van der Waals surface area contributed by atoms with Gasteiger partial charge in [0.05, 0.1) is 6.20 Å². The largest absolute Gasteiger partial charge is 0.319 e. The monoisotopic (exact) mass is 478 g/mol. The summed E-state index contributed by atoms with van der Waals surface area (Å²) in [6, 6.07) is 7.86. The number of hydrogen-bond acceptors (Lipinski definition) is 4. The lowest BCUT2D eigenvalue weighted by molar-refractivity contribution is 0.373. The molecule has 0 bridgehead atoms. The first-order valence-electron chi connectivity index (χ1n) is 10.7. The fourth-order valence-corrected chi connectivity index (χ4v) is 6.12. The van der Waals surface area contributed by atoms with E-state index in [9.17, 15) is 12.8 Å². The van der Waals surface area contributed by atoms with Crippen LogP contribution in [0, 0.1) is 17.8 Å². The topological polar surface area (TPSA) is 76.0 Å². The number of hydrogen-bond donors (Lipinski definition) is 2. The minimum Gasteiger partial charge on any atom is -0.319 e. The standard InChI is InChI=1S/C23H28ClFN4O2S/c1-26-11-17-8-16-10-23(25)18(12-28-32(30,31)20-13-27-29(2)14-20)9-22(16)21(17)7-15-4-3-5-19(24)6-15/h3-6,10,13-14,17-18,21,26,28H,7-9,11-12H2,1-2H3. The second kappa shape index (κ2) is 9.47. The number of benzene rings is 1. The van der Waals surface area contributed by atoms with Crippen molar-refractivity contribution in [2.45, 2.75) is 24.2 Å². The molecule has 6 nitrogen and oxygen atoms in total. The molecule has 0 saturated carbocycles. The summed E-state index contributed by atoms with van der Waals surface area (Å²) in [5, 5.41) is 7.88. The number of nitrogens with zero attached hydrogens (tertiary/aromatic N) is 2. The van der Waals surface area contributed by atoms with E-state index < -0.39 is 15.9 Å². The Morgan fingerprint density at radius 1 is 1.28 bits per heavy atom. The van der Waals surface area contributed by atoms with Crippen molar-refractivity contribution in [3.63, 3.8) is 0 Å². The van der Waals surface area contributed by atoms with Gasteiger partial charge in [0.1, 0.15) is 10.7 Å². The van der Waals surface area contributed by atoms with Crippen molar-refractivity contribution in [1.29, 1.82) is 0 Å². The van der Waals surface area contributed by atoms with Crippen molar-refractivity contribution >= 4 is 21.6 Å². The highest BCUT2D eigenvalue weighted by Crippen LogP contribution is 2.46. The maximum absolute atomic E-state index is 14.9. The molecule has 9 heteroatoms. The number of rotatable bonds is 8. The summed E-state index contributed by atoms with van der Waals surface area (Å²) in [5.41, 5.74) is 3.44. The second-order valence-electron chi connectivity index (χ2n) is 8.64. The molecule has 1 aromatic carbocycles. The average molecular weight is 479 g/mol. The van der Waals surface area contributed by atoms with Gasteiger partial charge >= 0.3 is 0 Å². The quantitative estimate of drug-likeness (QED) is 0.607. The zero-order chi connectivity index (χ0) is 22.9. The lowest BCUT2D eigenvalue weighted by Crippen LogP contribution is -2.31. The maximum atomic E-state index is 14.9. The second-order valence-corrected chi connectivity index (χ2v) is 10.8. The fourth-order valence-electron chi connectivity index (χ4n) is 4.85. The highest BCUT2D eigenvalue weighted by atomic mass is 35.5. The van der Waals surface area contributed by atoms with Crippen molar-refractivity contribution in [2.24, 2.45) is 24.8 Å². The zero-order valence-electron chi connectivity index (χ0n) is 18.2. The molecular weight excluding hydrogens is 451 g/mol. The molecule has 0 amide bonds. The van der Waals surface area contributed by atoms with Crippen LogP contribution >= 0.6 is 11.6 Å². The van der Waals surface area contributed by atoms with E-state index in [0.717, 1.165) is 30.5 Å². The van der Waals surface area contributed by atoms with Crippen LogP contribution in [0.15, 0.2) is 64.6 Å². The molecule has 0 aliphatic heterocycles. The molecule has 0 fully saturated rings. The van der Waals surface area contributed by atoms with Gasteiger partial charge in [-0.3, -0.25) is 4.68 Å². The van der Waals surface area contributed by atoms with Crippen LogP contribution in [-0.4, -0.2) is 38.3 Å². The predicted octanol–water partition coefficient (Wildman–Crippen LogP) is 3.62. The highest BCUT2D eigenvalue weighted by Gasteiger charge is 2.38. The number of nitrogens with one attached hydrogen (secondary N) is 2. The molecule has 0 spiro atoms. The lowest BCUT2D eigenvalue weighted by Gasteiger charge is -2.27. The van der Waals surface area contributed by atoms with Gasteiger partial charge in [0.25, 0.3) is 0 Å². The molecule has 172 valence electrons. The highest BCUT2D eigenvalue weighted by molar-refractivity contribution is 7.89. The van der Waals surface area contributed by atoms with Crippen LogP contribution in [0.2, 0.25) is 5.02 Å². The van der Waals surface area contributed by atoms with Crippen LogP contribution in [-0.2, 0) is 23.5 Å². The summed E-state index contributed by atoms with van der Waals surface area (Å²) in [6.45, 7) is 0.850. The first-order valence-corrected chi connectivity index (χ1v) is 12.6. The van der Waals surface area contributed by atoms with Crippen molar-refractivity contribution in [1.82, 2.24) is 19.8 Å². The Kier molecular flexibility index (Phi) is 6.86. The molecule has 32 heavy (non-hydrogen) atoms. The maximum Gasteiger partial charge on any atom is 0.243 e. The van der Waals surface area contributed by atoms with Gasteiger partial charge in [-0.1, -0.05) is 29.3 Å². The minimum absolute atomic E-state index is 0.0108. The van der Waals surface area contributed by atoms with Gasteiger partial charge in [0.2, 0.25) is 10.0 Å². The van der Waals surface area contributed by atoms with Crippen LogP contribution in [0.5, 0.6) is 0 Å². The summed E-state index contributed by atoms with van der Waals surface area (Å²) in [5.74, 6) is -0.156. The third-order valence-electron chi connectivity index (χ3n) is 6.40. The van der Waals surface area contributed by atoms with E-state index >= 15 is 0 Å². The Morgan fingerprint density at radius 2 is 2.09 bits per heavy atom. The summed E-state index contributed by atoms with van der Waals surface area (Å²) in [6.07, 6.45) is 6.51. The first kappa shape index (κ1) is 23.2. The number of sulfonamides is 1. The van der Waals surface area contributed by atoms with E-state index in [1.165, 1.54) is 22.6 Å². The molecule has 1 heterocycles. The normalized spacial score (nSPS) is 23.4. The third kappa shape index (κ3) is 4.98. The molecule has 2 N–H and O–H groups in total. The van der Waals surface area contributed by atoms with Crippen LogP contribution in [0.25, 0.3) is 0 Å². The van der Waals surface area contributed by atoms with Gasteiger partial charge in [-0.05, 0) is 74.0 Å². The van der Waals surface area contributed by atoms with Gasteiger partial charge in [0.15, 0.2) is 0 Å².